The highest BCUT2D eigenvalue weighted by atomic mass is 16.4. The number of furan rings is 1. The van der Waals surface area contributed by atoms with Crippen LogP contribution in [0.2, 0.25) is 0 Å². The molecule has 0 unspecified atom stereocenters. The number of carboxylic acids is 1. The lowest BCUT2D eigenvalue weighted by Gasteiger charge is -2.05. The van der Waals surface area contributed by atoms with E-state index in [9.17, 15) is 14.7 Å². The lowest BCUT2D eigenvalue weighted by Crippen LogP contribution is -2.07. The van der Waals surface area contributed by atoms with E-state index in [-0.39, 0.29) is 11.1 Å². The van der Waals surface area contributed by atoms with Crippen LogP contribution >= 0.6 is 0 Å². The summed E-state index contributed by atoms with van der Waals surface area (Å²) in [6.07, 6.45) is 4.99. The van der Waals surface area contributed by atoms with Gasteiger partial charge < -0.3 is 14.5 Å². The number of benzene rings is 1. The summed E-state index contributed by atoms with van der Waals surface area (Å²) in [4.78, 5) is 25.9. The molecule has 0 saturated heterocycles. The maximum atomic E-state index is 12.0. The van der Waals surface area contributed by atoms with Crippen molar-refractivity contribution in [1.29, 1.82) is 0 Å². The molecular weight excluding hydrogens is 282 g/mol. The van der Waals surface area contributed by atoms with Crippen molar-refractivity contribution >= 4 is 16.9 Å². The van der Waals surface area contributed by atoms with Crippen molar-refractivity contribution in [2.45, 2.75) is 6.42 Å². The Hall–Kier alpha value is -3.08. The minimum atomic E-state index is -1.07. The van der Waals surface area contributed by atoms with Crippen molar-refractivity contribution in [1.82, 2.24) is 4.98 Å². The predicted molar refractivity (Wildman–Crippen MR) is 83.1 cm³/mol. The summed E-state index contributed by atoms with van der Waals surface area (Å²) >= 11 is 0. The van der Waals surface area contributed by atoms with Crippen LogP contribution in [0.1, 0.15) is 15.9 Å². The first-order chi connectivity index (χ1) is 10.6. The SMILES string of the molecule is C=CCc1cc(-c2ccc[nH]c2=O)cc2c(C(=O)O)coc12. The Bertz CT molecular complexity index is 933. The van der Waals surface area contributed by atoms with Gasteiger partial charge in [0.15, 0.2) is 0 Å². The number of nitrogens with one attached hydrogen (secondary N) is 1. The predicted octanol–water partition coefficient (Wildman–Crippen LogP) is 3.21. The van der Waals surface area contributed by atoms with Gasteiger partial charge in [-0.3, -0.25) is 4.79 Å². The molecule has 0 aliphatic heterocycles. The summed E-state index contributed by atoms with van der Waals surface area (Å²) in [7, 11) is 0. The fourth-order valence-electron chi connectivity index (χ4n) is 2.49. The molecule has 0 bridgehead atoms. The van der Waals surface area contributed by atoms with Gasteiger partial charge >= 0.3 is 5.97 Å². The molecule has 5 heteroatoms. The van der Waals surface area contributed by atoms with E-state index in [2.05, 4.69) is 11.6 Å². The summed E-state index contributed by atoms with van der Waals surface area (Å²) in [6.45, 7) is 3.70. The lowest BCUT2D eigenvalue weighted by atomic mass is 9.98. The Labute approximate surface area is 125 Å². The second-order valence-electron chi connectivity index (χ2n) is 4.87. The Balaban J connectivity index is 2.34. The molecule has 2 heterocycles. The molecule has 0 atom stereocenters. The fraction of sp³-hybridized carbons (Fsp3) is 0.0588. The van der Waals surface area contributed by atoms with Gasteiger partial charge in [0.2, 0.25) is 0 Å². The number of pyridine rings is 1. The largest absolute Gasteiger partial charge is 0.478 e. The van der Waals surface area contributed by atoms with Crippen molar-refractivity contribution in [2.24, 2.45) is 0 Å². The van der Waals surface area contributed by atoms with E-state index in [0.29, 0.717) is 28.5 Å². The zero-order chi connectivity index (χ0) is 15.7. The fourth-order valence-corrected chi connectivity index (χ4v) is 2.49. The van der Waals surface area contributed by atoms with Crippen molar-refractivity contribution in [3.05, 3.63) is 70.9 Å². The number of carboxylic acid groups (broad SMARTS) is 1. The average Bonchev–Trinajstić information content (AvgIpc) is 2.92. The van der Waals surface area contributed by atoms with Gasteiger partial charge in [0.1, 0.15) is 17.4 Å². The summed E-state index contributed by atoms with van der Waals surface area (Å²) < 4.78 is 5.40. The van der Waals surface area contributed by atoms with E-state index in [1.165, 1.54) is 6.26 Å². The Kier molecular flexibility index (Phi) is 3.39. The molecule has 0 radical (unpaired) electrons. The van der Waals surface area contributed by atoms with Crippen molar-refractivity contribution in [2.75, 3.05) is 0 Å². The van der Waals surface area contributed by atoms with E-state index in [0.717, 1.165) is 5.56 Å². The Morgan fingerprint density at radius 3 is 2.91 bits per heavy atom. The Morgan fingerprint density at radius 2 is 2.23 bits per heavy atom. The summed E-state index contributed by atoms with van der Waals surface area (Å²) in [6, 6.07) is 6.91. The summed E-state index contributed by atoms with van der Waals surface area (Å²) in [5, 5.41) is 9.74. The molecule has 0 fully saturated rings. The normalized spacial score (nSPS) is 10.7. The first-order valence-electron chi connectivity index (χ1n) is 6.68. The molecule has 0 saturated carbocycles. The second-order valence-corrected chi connectivity index (χ2v) is 4.87. The molecule has 110 valence electrons. The monoisotopic (exact) mass is 295 g/mol. The zero-order valence-corrected chi connectivity index (χ0v) is 11.6. The standard InChI is InChI=1S/C17H13NO4/c1-2-4-10-7-11(12-5-3-6-18-16(12)19)8-13-14(17(20)21)9-22-15(10)13/h2-3,5-9H,1,4H2,(H,18,19)(H,20,21). The van der Waals surface area contributed by atoms with Crippen LogP contribution in [-0.2, 0) is 6.42 Å². The van der Waals surface area contributed by atoms with Crippen molar-refractivity contribution < 1.29 is 14.3 Å². The van der Waals surface area contributed by atoms with Crippen LogP contribution < -0.4 is 5.56 Å². The highest BCUT2D eigenvalue weighted by Gasteiger charge is 2.17. The molecule has 22 heavy (non-hydrogen) atoms. The lowest BCUT2D eigenvalue weighted by molar-refractivity contribution is 0.0698. The third kappa shape index (κ3) is 2.22. The number of aromatic nitrogens is 1. The molecule has 0 aliphatic rings. The first kappa shape index (κ1) is 13.9. The van der Waals surface area contributed by atoms with Gasteiger partial charge in [0.05, 0.1) is 0 Å². The maximum absolute atomic E-state index is 12.0. The minimum Gasteiger partial charge on any atom is -0.478 e. The molecule has 0 aliphatic carbocycles. The molecule has 0 spiro atoms. The summed E-state index contributed by atoms with van der Waals surface area (Å²) in [5.41, 5.74) is 2.27. The molecule has 2 aromatic heterocycles. The number of carbonyl (C=O) groups is 1. The topological polar surface area (TPSA) is 83.3 Å². The van der Waals surface area contributed by atoms with Gasteiger partial charge in [-0.2, -0.15) is 0 Å². The zero-order valence-electron chi connectivity index (χ0n) is 11.6. The molecule has 0 amide bonds. The van der Waals surface area contributed by atoms with E-state index in [1.54, 1.807) is 30.5 Å². The second kappa shape index (κ2) is 5.37. The molecule has 2 N–H and O–H groups in total. The number of H-pyrrole nitrogens is 1. The third-order valence-corrected chi connectivity index (χ3v) is 3.47. The number of aromatic amines is 1. The van der Waals surface area contributed by atoms with Crippen molar-refractivity contribution in [3.8, 4) is 11.1 Å². The van der Waals surface area contributed by atoms with Crippen LogP contribution in [0.15, 0.2) is 58.6 Å². The smallest absolute Gasteiger partial charge is 0.339 e. The minimum absolute atomic E-state index is 0.0783. The quantitative estimate of drug-likeness (QED) is 0.724. The van der Waals surface area contributed by atoms with Crippen LogP contribution in [0, 0.1) is 0 Å². The van der Waals surface area contributed by atoms with Crippen LogP contribution in [0.5, 0.6) is 0 Å². The average molecular weight is 295 g/mol. The number of hydrogen-bond acceptors (Lipinski definition) is 3. The first-order valence-corrected chi connectivity index (χ1v) is 6.68. The highest BCUT2D eigenvalue weighted by molar-refractivity contribution is 6.04. The van der Waals surface area contributed by atoms with Crippen LogP contribution in [0.25, 0.3) is 22.1 Å². The van der Waals surface area contributed by atoms with Gasteiger partial charge in [0, 0.05) is 17.1 Å². The van der Waals surface area contributed by atoms with E-state index in [1.807, 2.05) is 6.07 Å². The van der Waals surface area contributed by atoms with Crippen LogP contribution in [-0.4, -0.2) is 16.1 Å². The molecule has 3 aromatic rings. The van der Waals surface area contributed by atoms with E-state index in [4.69, 9.17) is 4.42 Å². The maximum Gasteiger partial charge on any atom is 0.339 e. The highest BCUT2D eigenvalue weighted by Crippen LogP contribution is 2.30. The number of fused-ring (bicyclic) bond motifs is 1. The number of allylic oxidation sites excluding steroid dienone is 1. The van der Waals surface area contributed by atoms with E-state index < -0.39 is 5.97 Å². The Morgan fingerprint density at radius 1 is 1.41 bits per heavy atom. The number of hydrogen-bond donors (Lipinski definition) is 2. The number of aromatic carboxylic acids is 1. The van der Waals surface area contributed by atoms with Gasteiger partial charge in [-0.05, 0) is 41.8 Å². The van der Waals surface area contributed by atoms with Gasteiger partial charge in [-0.25, -0.2) is 4.79 Å². The molecular formula is C17H13NO4. The van der Waals surface area contributed by atoms with Gasteiger partial charge in [-0.15, -0.1) is 6.58 Å². The summed E-state index contributed by atoms with van der Waals surface area (Å²) in [5.74, 6) is -1.07. The van der Waals surface area contributed by atoms with E-state index >= 15 is 0 Å². The number of rotatable bonds is 4. The van der Waals surface area contributed by atoms with Gasteiger partial charge in [-0.1, -0.05) is 6.08 Å². The molecule has 5 nitrogen and oxygen atoms in total. The van der Waals surface area contributed by atoms with Crippen molar-refractivity contribution in [3.63, 3.8) is 0 Å². The molecule has 3 rings (SSSR count). The van der Waals surface area contributed by atoms with Crippen LogP contribution in [0.3, 0.4) is 0 Å². The third-order valence-electron chi connectivity index (χ3n) is 3.47. The van der Waals surface area contributed by atoms with Gasteiger partial charge in [0.25, 0.3) is 5.56 Å². The molecule has 1 aromatic carbocycles. The van der Waals surface area contributed by atoms with Crippen LogP contribution in [0.4, 0.5) is 0 Å².